The summed E-state index contributed by atoms with van der Waals surface area (Å²) in [6, 6.07) is 16.1. The van der Waals surface area contributed by atoms with Gasteiger partial charge in [0.1, 0.15) is 0 Å². The first kappa shape index (κ1) is 18.1. The number of benzene rings is 2. The molecule has 1 aliphatic heterocycles. The number of aryl methyl sites for hydroxylation is 3. The minimum atomic E-state index is 0.499. The first-order chi connectivity index (χ1) is 13.2. The number of hydrogen-bond donors (Lipinski definition) is 2. The van der Waals surface area contributed by atoms with Crippen molar-refractivity contribution < 1.29 is 0 Å². The molecule has 0 spiro atoms. The normalized spacial score (nSPS) is 19.6. The minimum absolute atomic E-state index is 0.499. The molecule has 2 N–H and O–H groups in total. The van der Waals surface area contributed by atoms with Gasteiger partial charge in [-0.05, 0) is 67.5 Å². The smallest absolute Gasteiger partial charge is 0.0459 e. The van der Waals surface area contributed by atoms with Gasteiger partial charge in [-0.2, -0.15) is 0 Å². The number of aromatic amines is 1. The van der Waals surface area contributed by atoms with Crippen LogP contribution < -0.4 is 5.32 Å². The summed E-state index contributed by atoms with van der Waals surface area (Å²) in [6.07, 6.45) is 11.7. The Bertz CT molecular complexity index is 920. The summed E-state index contributed by atoms with van der Waals surface area (Å²) < 4.78 is 0. The summed E-state index contributed by atoms with van der Waals surface area (Å²) in [7, 11) is 0. The van der Waals surface area contributed by atoms with Crippen LogP contribution in [0.15, 0.2) is 60.8 Å². The van der Waals surface area contributed by atoms with E-state index in [9.17, 15) is 0 Å². The highest BCUT2D eigenvalue weighted by molar-refractivity contribution is 5.84. The summed E-state index contributed by atoms with van der Waals surface area (Å²) in [5, 5.41) is 5.11. The second-order valence-electron chi connectivity index (χ2n) is 7.92. The first-order valence-electron chi connectivity index (χ1n) is 10.2. The Hall–Kier alpha value is -2.32. The van der Waals surface area contributed by atoms with Crippen LogP contribution in [0.25, 0.3) is 10.9 Å². The molecule has 140 valence electrons. The van der Waals surface area contributed by atoms with Crippen molar-refractivity contribution in [1.82, 2.24) is 10.3 Å². The highest BCUT2D eigenvalue weighted by Gasteiger charge is 2.22. The van der Waals surface area contributed by atoms with Crippen LogP contribution in [0, 0.1) is 13.8 Å². The lowest BCUT2D eigenvalue weighted by molar-refractivity contribution is 0.432. The molecule has 2 heteroatoms. The predicted molar refractivity (Wildman–Crippen MR) is 115 cm³/mol. The van der Waals surface area contributed by atoms with Crippen molar-refractivity contribution in [2.24, 2.45) is 0 Å². The van der Waals surface area contributed by atoms with E-state index in [1.54, 1.807) is 0 Å². The Morgan fingerprint density at radius 2 is 1.81 bits per heavy atom. The zero-order valence-corrected chi connectivity index (χ0v) is 16.5. The molecule has 0 radical (unpaired) electrons. The van der Waals surface area contributed by atoms with Gasteiger partial charge in [0.05, 0.1) is 0 Å². The third kappa shape index (κ3) is 4.01. The van der Waals surface area contributed by atoms with Crippen LogP contribution in [0.2, 0.25) is 0 Å². The van der Waals surface area contributed by atoms with Gasteiger partial charge in [-0.1, -0.05) is 48.9 Å². The van der Waals surface area contributed by atoms with Gasteiger partial charge in [0.2, 0.25) is 0 Å². The van der Waals surface area contributed by atoms with Crippen molar-refractivity contribution >= 4 is 10.9 Å². The Morgan fingerprint density at radius 1 is 1.00 bits per heavy atom. The maximum absolute atomic E-state index is 3.71. The van der Waals surface area contributed by atoms with E-state index in [2.05, 4.69) is 85.0 Å². The molecule has 1 aliphatic rings. The molecular formula is C25H30N2. The largest absolute Gasteiger partial charge is 0.361 e. The van der Waals surface area contributed by atoms with E-state index in [1.165, 1.54) is 52.4 Å². The maximum Gasteiger partial charge on any atom is 0.0459 e. The van der Waals surface area contributed by atoms with Crippen LogP contribution in [0.4, 0.5) is 0 Å². The molecule has 2 nitrogen and oxygen atoms in total. The average molecular weight is 359 g/mol. The third-order valence-electron chi connectivity index (χ3n) is 6.05. The lowest BCUT2D eigenvalue weighted by Crippen LogP contribution is -2.37. The van der Waals surface area contributed by atoms with Crippen molar-refractivity contribution in [2.75, 3.05) is 6.54 Å². The molecule has 0 saturated heterocycles. The monoisotopic (exact) mass is 358 g/mol. The zero-order valence-electron chi connectivity index (χ0n) is 16.5. The van der Waals surface area contributed by atoms with E-state index in [4.69, 9.17) is 0 Å². The van der Waals surface area contributed by atoms with Gasteiger partial charge in [-0.3, -0.25) is 0 Å². The Morgan fingerprint density at radius 3 is 2.67 bits per heavy atom. The number of unbranched alkanes of at least 4 members (excludes halogenated alkanes) is 1. The highest BCUT2D eigenvalue weighted by Crippen LogP contribution is 2.28. The Labute approximate surface area is 162 Å². The molecule has 1 aromatic heterocycles. The highest BCUT2D eigenvalue weighted by atomic mass is 14.9. The van der Waals surface area contributed by atoms with Gasteiger partial charge in [-0.15, -0.1) is 0 Å². The predicted octanol–water partition coefficient (Wildman–Crippen LogP) is 5.81. The summed E-state index contributed by atoms with van der Waals surface area (Å²) in [5.74, 6) is 0.499. The van der Waals surface area contributed by atoms with Crippen LogP contribution in [0.3, 0.4) is 0 Å². The zero-order chi connectivity index (χ0) is 18.6. The number of H-pyrrole nitrogens is 1. The molecule has 0 bridgehead atoms. The molecule has 27 heavy (non-hydrogen) atoms. The molecule has 0 amide bonds. The molecular weight excluding hydrogens is 328 g/mol. The fourth-order valence-corrected chi connectivity index (χ4v) is 4.33. The Kier molecular flexibility index (Phi) is 5.45. The standard InChI is InChI=1S/C25H30N2/c1-18-15-23-21(17-27-25(23)16-19(18)2)11-6-7-13-24-22(12-8-14-26-24)20-9-4-3-5-10-20/h3-5,8-10,12,15-17,22,24,26-27H,6-7,11,13-14H2,1-2H3. The average Bonchev–Trinajstić information content (AvgIpc) is 3.08. The van der Waals surface area contributed by atoms with Crippen LogP contribution in [-0.2, 0) is 6.42 Å². The lowest BCUT2D eigenvalue weighted by Gasteiger charge is -2.29. The number of fused-ring (bicyclic) bond motifs is 1. The number of nitrogens with one attached hydrogen (secondary N) is 2. The van der Waals surface area contributed by atoms with Crippen LogP contribution in [-0.4, -0.2) is 17.6 Å². The van der Waals surface area contributed by atoms with E-state index >= 15 is 0 Å². The van der Waals surface area contributed by atoms with Crippen molar-refractivity contribution in [3.8, 4) is 0 Å². The fourth-order valence-electron chi connectivity index (χ4n) is 4.33. The third-order valence-corrected chi connectivity index (χ3v) is 6.05. The van der Waals surface area contributed by atoms with E-state index in [0.717, 1.165) is 13.0 Å². The van der Waals surface area contributed by atoms with Crippen LogP contribution in [0.1, 0.15) is 47.4 Å². The number of rotatable bonds is 6. The summed E-state index contributed by atoms with van der Waals surface area (Å²) in [6.45, 7) is 5.39. The van der Waals surface area contributed by atoms with Crippen molar-refractivity contribution in [2.45, 2.75) is 51.5 Å². The quantitative estimate of drug-likeness (QED) is 0.422. The lowest BCUT2D eigenvalue weighted by atomic mass is 9.86. The van der Waals surface area contributed by atoms with Gasteiger partial charge in [-0.25, -0.2) is 0 Å². The van der Waals surface area contributed by atoms with Gasteiger partial charge >= 0.3 is 0 Å². The first-order valence-corrected chi connectivity index (χ1v) is 10.2. The SMILES string of the molecule is Cc1cc2[nH]cc(CCCCC3NCC=CC3c3ccccc3)c2cc1C. The Balaban J connectivity index is 1.36. The van der Waals surface area contributed by atoms with E-state index in [1.807, 2.05) is 0 Å². The van der Waals surface area contributed by atoms with Gasteiger partial charge in [0.25, 0.3) is 0 Å². The van der Waals surface area contributed by atoms with E-state index in [-0.39, 0.29) is 0 Å². The fraction of sp³-hybridized carbons (Fsp3) is 0.360. The summed E-state index contributed by atoms with van der Waals surface area (Å²) in [4.78, 5) is 3.45. The van der Waals surface area contributed by atoms with Gasteiger partial charge in [0.15, 0.2) is 0 Å². The van der Waals surface area contributed by atoms with E-state index < -0.39 is 0 Å². The van der Waals surface area contributed by atoms with Crippen molar-refractivity contribution in [3.05, 3.63) is 83.1 Å². The molecule has 0 fully saturated rings. The maximum atomic E-state index is 3.71. The second kappa shape index (κ2) is 8.14. The molecule has 3 aromatic rings. The molecule has 0 saturated carbocycles. The number of aromatic nitrogens is 1. The second-order valence-corrected chi connectivity index (χ2v) is 7.92. The van der Waals surface area contributed by atoms with Gasteiger partial charge in [0, 0.05) is 35.6 Å². The van der Waals surface area contributed by atoms with Crippen molar-refractivity contribution in [1.29, 1.82) is 0 Å². The minimum Gasteiger partial charge on any atom is -0.361 e. The van der Waals surface area contributed by atoms with Crippen LogP contribution >= 0.6 is 0 Å². The molecule has 0 aliphatic carbocycles. The molecule has 2 aromatic carbocycles. The molecule has 2 atom stereocenters. The number of hydrogen-bond acceptors (Lipinski definition) is 1. The summed E-state index contributed by atoms with van der Waals surface area (Å²) in [5.41, 5.74) is 6.90. The molecule has 4 rings (SSSR count). The summed E-state index contributed by atoms with van der Waals surface area (Å²) >= 11 is 0. The van der Waals surface area contributed by atoms with E-state index in [0.29, 0.717) is 12.0 Å². The molecule has 2 unspecified atom stereocenters. The topological polar surface area (TPSA) is 27.8 Å². The van der Waals surface area contributed by atoms with Gasteiger partial charge < -0.3 is 10.3 Å². The molecule has 2 heterocycles. The van der Waals surface area contributed by atoms with Crippen molar-refractivity contribution in [3.63, 3.8) is 0 Å². The van der Waals surface area contributed by atoms with Crippen LogP contribution in [0.5, 0.6) is 0 Å².